The van der Waals surface area contributed by atoms with E-state index >= 15 is 0 Å². The molecule has 0 aliphatic carbocycles. The van der Waals surface area contributed by atoms with Crippen molar-refractivity contribution in [3.63, 3.8) is 0 Å². The van der Waals surface area contributed by atoms with Crippen molar-refractivity contribution >= 4 is 43.2 Å². The van der Waals surface area contributed by atoms with E-state index in [2.05, 4.69) is 76.0 Å². The average molecular weight is 388 g/mol. The summed E-state index contributed by atoms with van der Waals surface area (Å²) >= 11 is 9.18. The van der Waals surface area contributed by atoms with Gasteiger partial charge in [-0.3, -0.25) is 0 Å². The molecular formula is C15H16Br2S. The van der Waals surface area contributed by atoms with E-state index in [4.69, 9.17) is 0 Å². The van der Waals surface area contributed by atoms with Crippen LogP contribution in [0.25, 0.3) is 0 Å². The number of hydrogen-bond acceptors (Lipinski definition) is 1. The molecule has 0 radical (unpaired) electrons. The summed E-state index contributed by atoms with van der Waals surface area (Å²) in [4.78, 5) is 1.64. The highest BCUT2D eigenvalue weighted by Crippen LogP contribution is 2.39. The highest BCUT2D eigenvalue weighted by Gasteiger charge is 2.14. The minimum atomic E-state index is 0.295. The lowest BCUT2D eigenvalue weighted by Gasteiger charge is -2.09. The summed E-state index contributed by atoms with van der Waals surface area (Å²) in [7, 11) is 0. The van der Waals surface area contributed by atoms with Crippen LogP contribution in [0.4, 0.5) is 0 Å². The third-order valence-corrected chi connectivity index (χ3v) is 6.46. The van der Waals surface area contributed by atoms with Crippen LogP contribution in [0.1, 0.15) is 39.7 Å². The number of rotatable bonds is 4. The van der Waals surface area contributed by atoms with Gasteiger partial charge < -0.3 is 0 Å². The molecule has 0 amide bonds. The summed E-state index contributed by atoms with van der Waals surface area (Å²) < 4.78 is 1.23. The van der Waals surface area contributed by atoms with Gasteiger partial charge in [0.15, 0.2) is 0 Å². The Morgan fingerprint density at radius 2 is 1.89 bits per heavy atom. The second kappa shape index (κ2) is 6.36. The fraction of sp³-hybridized carbons (Fsp3) is 0.333. The van der Waals surface area contributed by atoms with E-state index in [0.29, 0.717) is 4.83 Å². The first-order chi connectivity index (χ1) is 8.61. The van der Waals surface area contributed by atoms with Crippen molar-refractivity contribution in [2.45, 2.75) is 31.5 Å². The molecule has 1 atom stereocenters. The molecule has 0 saturated heterocycles. The van der Waals surface area contributed by atoms with Gasteiger partial charge in [0.1, 0.15) is 0 Å². The molecule has 0 saturated carbocycles. The predicted octanol–water partition coefficient (Wildman–Crippen LogP) is 6.26. The molecule has 2 aromatic rings. The van der Waals surface area contributed by atoms with E-state index in [1.807, 2.05) is 0 Å². The van der Waals surface area contributed by atoms with Gasteiger partial charge in [0.2, 0.25) is 0 Å². The van der Waals surface area contributed by atoms with Crippen molar-refractivity contribution in [2.75, 3.05) is 0 Å². The Kier molecular flexibility index (Phi) is 5.05. The summed E-state index contributed by atoms with van der Waals surface area (Å²) in [6.45, 7) is 4.35. The quantitative estimate of drug-likeness (QED) is 0.543. The molecule has 3 heteroatoms. The number of aryl methyl sites for hydroxylation is 2. The van der Waals surface area contributed by atoms with E-state index in [1.165, 1.54) is 31.8 Å². The van der Waals surface area contributed by atoms with E-state index in [1.54, 1.807) is 11.3 Å². The molecule has 1 unspecified atom stereocenters. The fourth-order valence-electron chi connectivity index (χ4n) is 1.91. The number of hydrogen-bond donors (Lipinski definition) is 0. The largest absolute Gasteiger partial charge is 0.131 e. The summed E-state index contributed by atoms with van der Waals surface area (Å²) in [5.74, 6) is 0. The molecule has 1 heterocycles. The summed E-state index contributed by atoms with van der Waals surface area (Å²) in [5.41, 5.74) is 4.05. The van der Waals surface area contributed by atoms with Crippen LogP contribution in [0.5, 0.6) is 0 Å². The van der Waals surface area contributed by atoms with Gasteiger partial charge in [-0.2, -0.15) is 0 Å². The molecule has 96 valence electrons. The fourth-order valence-corrected chi connectivity index (χ4v) is 4.21. The van der Waals surface area contributed by atoms with E-state index < -0.39 is 0 Å². The van der Waals surface area contributed by atoms with Gasteiger partial charge >= 0.3 is 0 Å². The van der Waals surface area contributed by atoms with Crippen molar-refractivity contribution < 1.29 is 0 Å². The van der Waals surface area contributed by atoms with Crippen molar-refractivity contribution in [1.82, 2.24) is 0 Å². The zero-order chi connectivity index (χ0) is 13.1. The van der Waals surface area contributed by atoms with Crippen LogP contribution < -0.4 is 0 Å². The first-order valence-corrected chi connectivity index (χ1v) is 8.63. The topological polar surface area (TPSA) is 0 Å². The number of halogens is 2. The third-order valence-electron chi connectivity index (χ3n) is 2.94. The Balaban J connectivity index is 2.20. The van der Waals surface area contributed by atoms with Gasteiger partial charge in [-0.15, -0.1) is 11.3 Å². The monoisotopic (exact) mass is 386 g/mol. The van der Waals surface area contributed by atoms with Crippen LogP contribution in [0.2, 0.25) is 0 Å². The van der Waals surface area contributed by atoms with Crippen molar-refractivity contribution in [3.05, 3.63) is 55.7 Å². The van der Waals surface area contributed by atoms with Gasteiger partial charge in [0, 0.05) is 4.88 Å². The molecule has 0 nitrogen and oxygen atoms in total. The zero-order valence-electron chi connectivity index (χ0n) is 10.5. The lowest BCUT2D eigenvalue weighted by molar-refractivity contribution is 0.920. The molecule has 0 spiro atoms. The van der Waals surface area contributed by atoms with Gasteiger partial charge in [-0.25, -0.2) is 0 Å². The number of alkyl halides is 1. The normalized spacial score (nSPS) is 12.7. The molecule has 0 N–H and O–H groups in total. The van der Waals surface area contributed by atoms with Crippen LogP contribution in [-0.2, 0) is 6.42 Å². The minimum absolute atomic E-state index is 0.295. The van der Waals surface area contributed by atoms with Crippen LogP contribution in [0.3, 0.4) is 0 Å². The molecule has 18 heavy (non-hydrogen) atoms. The average Bonchev–Trinajstić information content (AvgIpc) is 2.70. The third kappa shape index (κ3) is 3.25. The van der Waals surface area contributed by atoms with E-state index in [0.717, 1.165) is 6.42 Å². The maximum atomic E-state index is 3.79. The summed E-state index contributed by atoms with van der Waals surface area (Å²) in [5, 5.41) is 0. The van der Waals surface area contributed by atoms with Gasteiger partial charge in [-0.05, 0) is 52.0 Å². The Morgan fingerprint density at radius 1 is 1.22 bits per heavy atom. The lowest BCUT2D eigenvalue weighted by Crippen LogP contribution is -1.90. The van der Waals surface area contributed by atoms with Gasteiger partial charge in [0.05, 0.1) is 8.61 Å². The standard InChI is InChI=1S/C15H16Br2S/c1-3-4-11-5-7-12(8-6-11)14(16)13-9-10(2)15(17)18-13/h5-9,14H,3-4H2,1-2H3. The molecular weight excluding hydrogens is 372 g/mol. The Bertz CT molecular complexity index is 494. The Labute approximate surface area is 130 Å². The van der Waals surface area contributed by atoms with Crippen molar-refractivity contribution in [1.29, 1.82) is 0 Å². The highest BCUT2D eigenvalue weighted by atomic mass is 79.9. The summed E-state index contributed by atoms with van der Waals surface area (Å²) in [6, 6.07) is 11.2. The number of thiophene rings is 1. The zero-order valence-corrected chi connectivity index (χ0v) is 14.5. The second-order valence-corrected chi connectivity index (χ2v) is 7.78. The first kappa shape index (κ1) is 14.3. The van der Waals surface area contributed by atoms with Crippen LogP contribution in [-0.4, -0.2) is 0 Å². The lowest BCUT2D eigenvalue weighted by atomic mass is 10.1. The van der Waals surface area contributed by atoms with Crippen molar-refractivity contribution in [2.24, 2.45) is 0 Å². The van der Waals surface area contributed by atoms with E-state index in [9.17, 15) is 0 Å². The molecule has 2 rings (SSSR count). The van der Waals surface area contributed by atoms with Crippen LogP contribution in [0, 0.1) is 6.92 Å². The van der Waals surface area contributed by atoms with E-state index in [-0.39, 0.29) is 0 Å². The van der Waals surface area contributed by atoms with Gasteiger partial charge in [0.25, 0.3) is 0 Å². The maximum absolute atomic E-state index is 3.79. The van der Waals surface area contributed by atoms with Crippen LogP contribution in [0.15, 0.2) is 34.1 Å². The Morgan fingerprint density at radius 3 is 2.39 bits per heavy atom. The number of benzene rings is 1. The Hall–Kier alpha value is -0.120. The molecule has 0 bridgehead atoms. The molecule has 0 aliphatic rings. The second-order valence-electron chi connectivity index (χ2n) is 4.46. The molecule has 1 aromatic heterocycles. The molecule has 0 fully saturated rings. The molecule has 0 aliphatic heterocycles. The van der Waals surface area contributed by atoms with Crippen molar-refractivity contribution in [3.8, 4) is 0 Å². The summed E-state index contributed by atoms with van der Waals surface area (Å²) in [6.07, 6.45) is 2.37. The van der Waals surface area contributed by atoms with Crippen LogP contribution >= 0.6 is 43.2 Å². The maximum Gasteiger partial charge on any atom is 0.0738 e. The first-order valence-electron chi connectivity index (χ1n) is 6.10. The highest BCUT2D eigenvalue weighted by molar-refractivity contribution is 9.11. The molecule has 1 aromatic carbocycles. The van der Waals surface area contributed by atoms with Gasteiger partial charge in [-0.1, -0.05) is 53.5 Å². The smallest absolute Gasteiger partial charge is 0.0738 e. The predicted molar refractivity (Wildman–Crippen MR) is 88.0 cm³/mol. The SMILES string of the molecule is CCCc1ccc(C(Br)c2cc(C)c(Br)s2)cc1. The minimum Gasteiger partial charge on any atom is -0.131 e.